The van der Waals surface area contributed by atoms with Crippen LogP contribution in [0.3, 0.4) is 0 Å². The second-order valence-corrected chi connectivity index (χ2v) is 3.48. The molecule has 5 nitrogen and oxygen atoms in total. The molecule has 0 atom stereocenters. The Kier molecular flexibility index (Phi) is 4.13. The zero-order chi connectivity index (χ0) is 12.1. The largest absolute Gasteiger partial charge is 0.478 e. The number of carboxylic acids is 1. The number of nitrogen functional groups attached to an aromatic ring is 1. The molecule has 0 heterocycles. The van der Waals surface area contributed by atoms with E-state index in [1.54, 1.807) is 11.0 Å². The van der Waals surface area contributed by atoms with Crippen LogP contribution in [-0.4, -0.2) is 29.5 Å². The van der Waals surface area contributed by atoms with E-state index in [1.165, 1.54) is 12.1 Å². The number of anilines is 2. The van der Waals surface area contributed by atoms with E-state index in [1.807, 2.05) is 6.92 Å². The fraction of sp³-hybridized carbons (Fsp3) is 0.364. The van der Waals surface area contributed by atoms with Gasteiger partial charge in [0.2, 0.25) is 0 Å². The number of nitrogens with zero attached hydrogens (tertiary/aromatic N) is 1. The highest BCUT2D eigenvalue weighted by atomic mass is 16.4. The molecular formula is C11H16N2O3. The van der Waals surface area contributed by atoms with Crippen LogP contribution in [0.2, 0.25) is 0 Å². The molecule has 16 heavy (non-hydrogen) atoms. The Balaban J connectivity index is 3.05. The fourth-order valence-corrected chi connectivity index (χ4v) is 1.48. The summed E-state index contributed by atoms with van der Waals surface area (Å²) < 4.78 is 0. The van der Waals surface area contributed by atoms with E-state index in [-0.39, 0.29) is 18.0 Å². The van der Waals surface area contributed by atoms with Crippen molar-refractivity contribution in [2.24, 2.45) is 0 Å². The average Bonchev–Trinajstić information content (AvgIpc) is 2.26. The van der Waals surface area contributed by atoms with Crippen molar-refractivity contribution in [3.8, 4) is 0 Å². The number of rotatable bonds is 5. The van der Waals surface area contributed by atoms with E-state index in [0.717, 1.165) is 6.42 Å². The molecule has 0 bridgehead atoms. The van der Waals surface area contributed by atoms with E-state index in [0.29, 0.717) is 12.2 Å². The number of nitrogens with two attached hydrogens (primary N) is 1. The number of hydrogen-bond acceptors (Lipinski definition) is 4. The van der Waals surface area contributed by atoms with Crippen molar-refractivity contribution in [2.45, 2.75) is 13.3 Å². The molecule has 0 saturated heterocycles. The number of aliphatic hydroxyl groups excluding tert-OH is 1. The van der Waals surface area contributed by atoms with Gasteiger partial charge in [-0.25, -0.2) is 4.79 Å². The number of carbonyl (C=O) groups is 1. The Labute approximate surface area is 94.1 Å². The topological polar surface area (TPSA) is 86.8 Å². The summed E-state index contributed by atoms with van der Waals surface area (Å²) in [5, 5.41) is 18.1. The first-order valence-corrected chi connectivity index (χ1v) is 5.08. The number of aliphatic hydroxyl groups is 1. The van der Waals surface area contributed by atoms with Crippen molar-refractivity contribution in [2.75, 3.05) is 23.9 Å². The van der Waals surface area contributed by atoms with Crippen LogP contribution in [0.25, 0.3) is 0 Å². The molecule has 0 saturated carbocycles. The molecule has 0 aliphatic carbocycles. The first-order chi connectivity index (χ1) is 7.60. The molecule has 0 aromatic heterocycles. The molecule has 0 spiro atoms. The minimum Gasteiger partial charge on any atom is -0.478 e. The van der Waals surface area contributed by atoms with Gasteiger partial charge in [0, 0.05) is 17.9 Å². The Hall–Kier alpha value is -1.75. The molecule has 1 aromatic rings. The van der Waals surface area contributed by atoms with Crippen molar-refractivity contribution in [3.63, 3.8) is 0 Å². The summed E-state index contributed by atoms with van der Waals surface area (Å²) in [5.41, 5.74) is 6.50. The summed E-state index contributed by atoms with van der Waals surface area (Å²) in [5.74, 6) is -1.06. The molecule has 0 amide bonds. The average molecular weight is 224 g/mol. The quantitative estimate of drug-likeness (QED) is 0.515. The number of aromatic carboxylic acids is 1. The maximum Gasteiger partial charge on any atom is 0.337 e. The number of carboxylic acid groups (broad SMARTS) is 1. The van der Waals surface area contributed by atoms with Crippen LogP contribution in [0, 0.1) is 0 Å². The second-order valence-electron chi connectivity index (χ2n) is 3.48. The highest BCUT2D eigenvalue weighted by Crippen LogP contribution is 2.21. The van der Waals surface area contributed by atoms with Crippen molar-refractivity contribution in [3.05, 3.63) is 23.8 Å². The summed E-state index contributed by atoms with van der Waals surface area (Å²) in [6.45, 7) is 2.51. The van der Waals surface area contributed by atoms with Crippen molar-refractivity contribution < 1.29 is 15.0 Å². The zero-order valence-electron chi connectivity index (χ0n) is 9.18. The standard InChI is InChI=1S/C11H16N2O3/c1-2-5-13(7-14)8-3-4-10(12)9(6-8)11(15)16/h3-4,6,14H,2,5,7,12H2,1H3,(H,15,16). The van der Waals surface area contributed by atoms with Crippen molar-refractivity contribution in [1.82, 2.24) is 0 Å². The number of benzene rings is 1. The summed E-state index contributed by atoms with van der Waals surface area (Å²) in [7, 11) is 0. The van der Waals surface area contributed by atoms with Crippen LogP contribution in [0.5, 0.6) is 0 Å². The Morgan fingerprint density at radius 2 is 2.19 bits per heavy atom. The normalized spacial score (nSPS) is 10.1. The van der Waals surface area contributed by atoms with Gasteiger partial charge >= 0.3 is 5.97 Å². The molecule has 0 fully saturated rings. The maximum atomic E-state index is 10.9. The van der Waals surface area contributed by atoms with Crippen LogP contribution in [0.15, 0.2) is 18.2 Å². The van der Waals surface area contributed by atoms with Crippen LogP contribution in [0.4, 0.5) is 11.4 Å². The zero-order valence-corrected chi connectivity index (χ0v) is 9.18. The van der Waals surface area contributed by atoms with E-state index in [4.69, 9.17) is 15.9 Å². The lowest BCUT2D eigenvalue weighted by molar-refractivity contribution is 0.0698. The third kappa shape index (κ3) is 2.64. The van der Waals surface area contributed by atoms with Gasteiger partial charge in [0.1, 0.15) is 6.73 Å². The SMILES string of the molecule is CCCN(CO)c1ccc(N)c(C(=O)O)c1. The third-order valence-electron chi connectivity index (χ3n) is 2.30. The van der Waals surface area contributed by atoms with Crippen LogP contribution in [-0.2, 0) is 0 Å². The summed E-state index contributed by atoms with van der Waals surface area (Å²) >= 11 is 0. The minimum atomic E-state index is -1.06. The monoisotopic (exact) mass is 224 g/mol. The molecule has 0 aliphatic heterocycles. The third-order valence-corrected chi connectivity index (χ3v) is 2.30. The second kappa shape index (κ2) is 5.37. The molecule has 5 heteroatoms. The lowest BCUT2D eigenvalue weighted by atomic mass is 10.1. The number of hydrogen-bond donors (Lipinski definition) is 3. The molecule has 4 N–H and O–H groups in total. The highest BCUT2D eigenvalue weighted by molar-refractivity contribution is 5.94. The van der Waals surface area contributed by atoms with Crippen LogP contribution < -0.4 is 10.6 Å². The van der Waals surface area contributed by atoms with Gasteiger partial charge in [-0.1, -0.05) is 6.92 Å². The van der Waals surface area contributed by atoms with Gasteiger partial charge in [0.25, 0.3) is 0 Å². The molecule has 1 rings (SSSR count). The molecular weight excluding hydrogens is 208 g/mol. The van der Waals surface area contributed by atoms with E-state index in [9.17, 15) is 4.79 Å². The first-order valence-electron chi connectivity index (χ1n) is 5.08. The predicted octanol–water partition coefficient (Wildman–Crippen LogP) is 1.13. The van der Waals surface area contributed by atoms with Gasteiger partial charge in [-0.3, -0.25) is 0 Å². The van der Waals surface area contributed by atoms with Crippen molar-refractivity contribution >= 4 is 17.3 Å². The predicted molar refractivity (Wildman–Crippen MR) is 62.5 cm³/mol. The fourth-order valence-electron chi connectivity index (χ4n) is 1.48. The molecule has 0 radical (unpaired) electrons. The molecule has 0 unspecified atom stereocenters. The van der Waals surface area contributed by atoms with E-state index >= 15 is 0 Å². The summed E-state index contributed by atoms with van der Waals surface area (Å²) in [6, 6.07) is 4.72. The smallest absolute Gasteiger partial charge is 0.337 e. The molecule has 88 valence electrons. The van der Waals surface area contributed by atoms with Gasteiger partial charge in [-0.15, -0.1) is 0 Å². The maximum absolute atomic E-state index is 10.9. The summed E-state index contributed by atoms with van der Waals surface area (Å²) in [6.07, 6.45) is 0.868. The Bertz CT molecular complexity index is 379. The van der Waals surface area contributed by atoms with Gasteiger partial charge < -0.3 is 20.8 Å². The Morgan fingerprint density at radius 3 is 2.69 bits per heavy atom. The van der Waals surface area contributed by atoms with Crippen molar-refractivity contribution in [1.29, 1.82) is 0 Å². The van der Waals surface area contributed by atoms with Gasteiger partial charge in [-0.05, 0) is 24.6 Å². The highest BCUT2D eigenvalue weighted by Gasteiger charge is 2.11. The lowest BCUT2D eigenvalue weighted by Crippen LogP contribution is -2.25. The van der Waals surface area contributed by atoms with E-state index in [2.05, 4.69) is 0 Å². The molecule has 0 aliphatic rings. The van der Waals surface area contributed by atoms with Gasteiger partial charge in [0.15, 0.2) is 0 Å². The van der Waals surface area contributed by atoms with Gasteiger partial charge in [-0.2, -0.15) is 0 Å². The Morgan fingerprint density at radius 1 is 1.50 bits per heavy atom. The minimum absolute atomic E-state index is 0.0621. The molecule has 1 aromatic carbocycles. The van der Waals surface area contributed by atoms with Gasteiger partial charge in [0.05, 0.1) is 5.56 Å². The lowest BCUT2D eigenvalue weighted by Gasteiger charge is -2.21. The summed E-state index contributed by atoms with van der Waals surface area (Å²) in [4.78, 5) is 12.6. The van der Waals surface area contributed by atoms with Crippen LogP contribution in [0.1, 0.15) is 23.7 Å². The van der Waals surface area contributed by atoms with E-state index < -0.39 is 5.97 Å². The van der Waals surface area contributed by atoms with Crippen LogP contribution >= 0.6 is 0 Å². The first kappa shape index (κ1) is 12.3.